The van der Waals surface area contributed by atoms with Crippen LogP contribution in [0, 0.1) is 0 Å². The largest absolute Gasteiger partial charge is 0.410 e. The van der Waals surface area contributed by atoms with Crippen molar-refractivity contribution in [3.05, 3.63) is 11.8 Å². The molecule has 0 spiro atoms. The molecule has 0 aliphatic carbocycles. The predicted octanol–water partition coefficient (Wildman–Crippen LogP) is 2.72. The average molecular weight is 380 g/mol. The Morgan fingerprint density at radius 1 is 1.36 bits per heavy atom. The van der Waals surface area contributed by atoms with Crippen LogP contribution in [0.3, 0.4) is 0 Å². The molecule has 1 aromatic heterocycles. The van der Waals surface area contributed by atoms with Crippen LogP contribution in [0.15, 0.2) is 6.07 Å². The van der Waals surface area contributed by atoms with Crippen LogP contribution in [-0.2, 0) is 10.0 Å². The van der Waals surface area contributed by atoms with Gasteiger partial charge in [-0.15, -0.1) is 0 Å². The number of fused-ring (bicyclic) bond motifs is 1. The van der Waals surface area contributed by atoms with Gasteiger partial charge < -0.3 is 5.32 Å². The summed E-state index contributed by atoms with van der Waals surface area (Å²) in [6.07, 6.45) is -3.87. The molecule has 142 valence electrons. The van der Waals surface area contributed by atoms with E-state index < -0.39 is 27.5 Å². The Morgan fingerprint density at radius 2 is 2.04 bits per heavy atom. The second-order valence-electron chi connectivity index (χ2n) is 7.17. The Hall–Kier alpha value is -1.29. The lowest BCUT2D eigenvalue weighted by atomic mass is 10.0. The second kappa shape index (κ2) is 6.15. The van der Waals surface area contributed by atoms with Gasteiger partial charge in [0.1, 0.15) is 5.82 Å². The van der Waals surface area contributed by atoms with E-state index in [4.69, 9.17) is 0 Å². The van der Waals surface area contributed by atoms with Gasteiger partial charge in [-0.1, -0.05) is 0 Å². The van der Waals surface area contributed by atoms with Crippen molar-refractivity contribution in [2.75, 3.05) is 18.4 Å². The quantitative estimate of drug-likeness (QED) is 0.876. The molecular formula is C15H23F3N4O2S. The van der Waals surface area contributed by atoms with E-state index in [-0.39, 0.29) is 24.9 Å². The fraction of sp³-hybridized carbons (Fsp3) is 0.800. The number of alkyl halides is 3. The number of anilines is 1. The summed E-state index contributed by atoms with van der Waals surface area (Å²) in [5, 5.41) is 6.71. The van der Waals surface area contributed by atoms with Crippen LogP contribution in [0.1, 0.15) is 51.3 Å². The molecule has 0 aromatic carbocycles. The van der Waals surface area contributed by atoms with Gasteiger partial charge in [-0.05, 0) is 33.6 Å². The molecule has 0 bridgehead atoms. The minimum absolute atomic E-state index is 0.0733. The Kier molecular flexibility index (Phi) is 4.55. The molecule has 3 atom stereocenters. The van der Waals surface area contributed by atoms with Crippen molar-refractivity contribution in [3.63, 3.8) is 0 Å². The van der Waals surface area contributed by atoms with Gasteiger partial charge in [0.15, 0.2) is 6.04 Å². The second-order valence-corrected chi connectivity index (χ2v) is 9.66. The molecule has 3 heterocycles. The van der Waals surface area contributed by atoms with Gasteiger partial charge in [-0.25, -0.2) is 17.4 Å². The SMILES string of the molecule is CC(C)S(=O)(=O)N1CC[C@H](c2cc3n(n2)[C@@H](C(F)(F)F)C[C@@H](C)N3)C1. The molecule has 1 aromatic rings. The van der Waals surface area contributed by atoms with Gasteiger partial charge in [0.25, 0.3) is 0 Å². The summed E-state index contributed by atoms with van der Waals surface area (Å²) < 4.78 is 66.9. The Morgan fingerprint density at radius 3 is 2.64 bits per heavy atom. The highest BCUT2D eigenvalue weighted by Crippen LogP contribution is 2.41. The van der Waals surface area contributed by atoms with Crippen LogP contribution in [0.25, 0.3) is 0 Å². The first-order valence-electron chi connectivity index (χ1n) is 8.41. The number of rotatable bonds is 3. The van der Waals surface area contributed by atoms with E-state index in [1.165, 1.54) is 4.31 Å². The zero-order valence-corrected chi connectivity index (χ0v) is 15.2. The van der Waals surface area contributed by atoms with E-state index in [1.54, 1.807) is 26.8 Å². The molecule has 0 saturated carbocycles. The summed E-state index contributed by atoms with van der Waals surface area (Å²) in [7, 11) is -3.36. The van der Waals surface area contributed by atoms with Gasteiger partial charge in [-0.2, -0.15) is 18.3 Å². The summed E-state index contributed by atoms with van der Waals surface area (Å²) in [5.41, 5.74) is 0.521. The molecule has 1 N–H and O–H groups in total. The number of halogens is 3. The maximum atomic E-state index is 13.3. The molecule has 0 radical (unpaired) electrons. The lowest BCUT2D eigenvalue weighted by Gasteiger charge is -2.31. The molecule has 0 unspecified atom stereocenters. The molecular weight excluding hydrogens is 357 g/mol. The Balaban J connectivity index is 1.85. The van der Waals surface area contributed by atoms with Crippen molar-refractivity contribution >= 4 is 15.8 Å². The lowest BCUT2D eigenvalue weighted by Crippen LogP contribution is -2.37. The number of nitrogens with one attached hydrogen (secondary N) is 1. The van der Waals surface area contributed by atoms with E-state index >= 15 is 0 Å². The fourth-order valence-corrected chi connectivity index (χ4v) is 4.82. The molecule has 1 saturated heterocycles. The highest BCUT2D eigenvalue weighted by molar-refractivity contribution is 7.89. The summed E-state index contributed by atoms with van der Waals surface area (Å²) in [5.74, 6) is 0.166. The third-order valence-corrected chi connectivity index (χ3v) is 7.17. The normalized spacial score (nSPS) is 28.2. The summed E-state index contributed by atoms with van der Waals surface area (Å²) >= 11 is 0. The maximum Gasteiger partial charge on any atom is 0.410 e. The summed E-state index contributed by atoms with van der Waals surface area (Å²) in [6, 6.07) is -0.320. The zero-order chi connectivity index (χ0) is 18.6. The molecule has 10 heteroatoms. The van der Waals surface area contributed by atoms with Gasteiger partial charge >= 0.3 is 6.18 Å². The molecule has 2 aliphatic heterocycles. The van der Waals surface area contributed by atoms with Crippen LogP contribution in [0.2, 0.25) is 0 Å². The fourth-order valence-electron chi connectivity index (χ4n) is 3.48. The van der Waals surface area contributed by atoms with Crippen LogP contribution >= 0.6 is 0 Å². The van der Waals surface area contributed by atoms with Crippen molar-refractivity contribution in [2.45, 2.75) is 63.0 Å². The van der Waals surface area contributed by atoms with Crippen LogP contribution in [0.4, 0.5) is 19.0 Å². The van der Waals surface area contributed by atoms with Crippen LogP contribution in [0.5, 0.6) is 0 Å². The number of hydrogen-bond acceptors (Lipinski definition) is 4. The molecule has 25 heavy (non-hydrogen) atoms. The molecule has 3 rings (SSSR count). The minimum atomic E-state index is -4.36. The Bertz CT molecular complexity index is 744. The first-order valence-corrected chi connectivity index (χ1v) is 9.92. The highest BCUT2D eigenvalue weighted by atomic mass is 32.2. The standard InChI is InChI=1S/C15H23F3N4O2S/c1-9(2)25(23,24)21-5-4-11(8-21)12-7-14-19-10(3)6-13(15(16,17)18)22(14)20-12/h7,9-11,13,19H,4-6,8H2,1-3H3/t10-,11+,13-/m1/s1. The third kappa shape index (κ3) is 3.38. The summed E-state index contributed by atoms with van der Waals surface area (Å²) in [6.45, 7) is 5.60. The zero-order valence-electron chi connectivity index (χ0n) is 14.4. The van der Waals surface area contributed by atoms with Crippen molar-refractivity contribution in [2.24, 2.45) is 0 Å². The molecule has 0 amide bonds. The number of hydrogen-bond donors (Lipinski definition) is 1. The first kappa shape index (κ1) is 18.5. The van der Waals surface area contributed by atoms with E-state index in [9.17, 15) is 21.6 Å². The van der Waals surface area contributed by atoms with Gasteiger partial charge in [0.2, 0.25) is 10.0 Å². The topological polar surface area (TPSA) is 67.2 Å². The van der Waals surface area contributed by atoms with E-state index in [0.29, 0.717) is 24.5 Å². The smallest absolute Gasteiger partial charge is 0.368 e. The molecule has 1 fully saturated rings. The molecule has 6 nitrogen and oxygen atoms in total. The average Bonchev–Trinajstić information content (AvgIpc) is 3.11. The van der Waals surface area contributed by atoms with Crippen molar-refractivity contribution in [1.29, 1.82) is 0 Å². The van der Waals surface area contributed by atoms with Gasteiger partial charge in [-0.3, -0.25) is 0 Å². The number of sulfonamides is 1. The molecule has 2 aliphatic rings. The number of aromatic nitrogens is 2. The Labute approximate surface area is 145 Å². The van der Waals surface area contributed by atoms with Gasteiger partial charge in [0, 0.05) is 31.1 Å². The van der Waals surface area contributed by atoms with E-state index in [0.717, 1.165) is 4.68 Å². The van der Waals surface area contributed by atoms with Crippen LogP contribution in [-0.4, -0.2) is 53.1 Å². The predicted molar refractivity (Wildman–Crippen MR) is 88.0 cm³/mol. The van der Waals surface area contributed by atoms with Gasteiger partial charge in [0.05, 0.1) is 10.9 Å². The van der Waals surface area contributed by atoms with Crippen LogP contribution < -0.4 is 5.32 Å². The maximum absolute atomic E-state index is 13.3. The summed E-state index contributed by atoms with van der Waals surface area (Å²) in [4.78, 5) is 0. The first-order chi connectivity index (χ1) is 11.5. The van der Waals surface area contributed by atoms with Crippen molar-refractivity contribution < 1.29 is 21.6 Å². The van der Waals surface area contributed by atoms with E-state index in [1.807, 2.05) is 0 Å². The minimum Gasteiger partial charge on any atom is -0.368 e. The monoisotopic (exact) mass is 380 g/mol. The lowest BCUT2D eigenvalue weighted by molar-refractivity contribution is -0.173. The number of nitrogens with zero attached hydrogens (tertiary/aromatic N) is 3. The third-order valence-electron chi connectivity index (χ3n) is 4.92. The highest BCUT2D eigenvalue weighted by Gasteiger charge is 2.46. The van der Waals surface area contributed by atoms with Crippen molar-refractivity contribution in [3.8, 4) is 0 Å². The van der Waals surface area contributed by atoms with Crippen molar-refractivity contribution in [1.82, 2.24) is 14.1 Å². The van der Waals surface area contributed by atoms with E-state index in [2.05, 4.69) is 10.4 Å².